The van der Waals surface area contributed by atoms with Crippen LogP contribution in [-0.2, 0) is 0 Å². The Bertz CT molecular complexity index is 465. The molecular formula is C13H14BrNO. The summed E-state index contributed by atoms with van der Waals surface area (Å²) in [6, 6.07) is 8.41. The molecule has 0 bridgehead atoms. The number of halogens is 1. The lowest BCUT2D eigenvalue weighted by molar-refractivity contribution is 0.557. The average molecular weight is 280 g/mol. The largest absolute Gasteiger partial charge is 0.472 e. The zero-order valence-electron chi connectivity index (χ0n) is 9.33. The number of hydrogen-bond acceptors (Lipinski definition) is 2. The van der Waals surface area contributed by atoms with Gasteiger partial charge in [0.15, 0.2) is 0 Å². The van der Waals surface area contributed by atoms with Crippen molar-refractivity contribution in [3.63, 3.8) is 0 Å². The van der Waals surface area contributed by atoms with Crippen molar-refractivity contribution in [1.29, 1.82) is 0 Å². The lowest BCUT2D eigenvalue weighted by Crippen LogP contribution is -2.18. The normalized spacial score (nSPS) is 12.7. The quantitative estimate of drug-likeness (QED) is 0.928. The van der Waals surface area contributed by atoms with E-state index in [4.69, 9.17) is 4.42 Å². The molecule has 2 nitrogen and oxygen atoms in total. The summed E-state index contributed by atoms with van der Waals surface area (Å²) in [5.41, 5.74) is 3.66. The predicted molar refractivity (Wildman–Crippen MR) is 68.5 cm³/mol. The number of hydrogen-bond donors (Lipinski definition) is 1. The predicted octanol–water partition coefficient (Wildman–Crippen LogP) is 3.66. The molecule has 0 saturated carbocycles. The van der Waals surface area contributed by atoms with E-state index in [0.29, 0.717) is 0 Å². The summed E-state index contributed by atoms with van der Waals surface area (Å²) < 4.78 is 6.27. The van der Waals surface area contributed by atoms with Crippen molar-refractivity contribution in [2.45, 2.75) is 13.0 Å². The molecule has 0 aliphatic carbocycles. The van der Waals surface area contributed by atoms with Crippen LogP contribution in [0.4, 0.5) is 0 Å². The van der Waals surface area contributed by atoms with E-state index in [1.54, 1.807) is 12.5 Å². The smallest absolute Gasteiger partial charge is 0.0953 e. The monoisotopic (exact) mass is 279 g/mol. The number of rotatable bonds is 3. The summed E-state index contributed by atoms with van der Waals surface area (Å²) in [5, 5.41) is 3.31. The maximum atomic E-state index is 5.14. The van der Waals surface area contributed by atoms with E-state index < -0.39 is 0 Å². The number of nitrogens with one attached hydrogen (secondary N) is 1. The fourth-order valence-corrected chi connectivity index (χ4v) is 2.26. The molecule has 0 radical (unpaired) electrons. The summed E-state index contributed by atoms with van der Waals surface area (Å²) in [6.45, 7) is 2.11. The Labute approximate surface area is 104 Å². The second kappa shape index (κ2) is 4.85. The zero-order chi connectivity index (χ0) is 11.5. The number of benzene rings is 1. The van der Waals surface area contributed by atoms with Crippen molar-refractivity contribution in [3.05, 3.63) is 58.0 Å². The van der Waals surface area contributed by atoms with Crippen LogP contribution in [0.25, 0.3) is 0 Å². The molecule has 0 amide bonds. The van der Waals surface area contributed by atoms with Gasteiger partial charge in [0.05, 0.1) is 18.6 Å². The van der Waals surface area contributed by atoms with Gasteiger partial charge in [-0.1, -0.05) is 28.1 Å². The molecule has 1 heterocycles. The zero-order valence-corrected chi connectivity index (χ0v) is 10.9. The Kier molecular flexibility index (Phi) is 3.46. The molecule has 3 heteroatoms. The summed E-state index contributed by atoms with van der Waals surface area (Å²) in [7, 11) is 1.96. The Morgan fingerprint density at radius 2 is 2.12 bits per heavy atom. The first-order chi connectivity index (χ1) is 7.74. The first-order valence-electron chi connectivity index (χ1n) is 5.18. The molecule has 16 heavy (non-hydrogen) atoms. The van der Waals surface area contributed by atoms with Crippen molar-refractivity contribution in [2.75, 3.05) is 7.05 Å². The van der Waals surface area contributed by atoms with E-state index in [2.05, 4.69) is 46.4 Å². The van der Waals surface area contributed by atoms with Crippen LogP contribution in [0.2, 0.25) is 0 Å². The molecule has 0 fully saturated rings. The van der Waals surface area contributed by atoms with Gasteiger partial charge in [0, 0.05) is 10.0 Å². The molecule has 0 aliphatic rings. The fourth-order valence-electron chi connectivity index (χ4n) is 1.88. The van der Waals surface area contributed by atoms with Gasteiger partial charge >= 0.3 is 0 Å². The lowest BCUT2D eigenvalue weighted by Gasteiger charge is -2.18. The Hall–Kier alpha value is -1.06. The second-order valence-electron chi connectivity index (χ2n) is 3.73. The highest BCUT2D eigenvalue weighted by Crippen LogP contribution is 2.28. The van der Waals surface area contributed by atoms with Gasteiger partial charge in [-0.3, -0.25) is 0 Å². The second-order valence-corrected chi connectivity index (χ2v) is 4.59. The van der Waals surface area contributed by atoms with Crippen LogP contribution in [0.15, 0.2) is 45.7 Å². The highest BCUT2D eigenvalue weighted by molar-refractivity contribution is 9.10. The van der Waals surface area contributed by atoms with Gasteiger partial charge in [-0.2, -0.15) is 0 Å². The van der Waals surface area contributed by atoms with Crippen LogP contribution in [-0.4, -0.2) is 7.05 Å². The van der Waals surface area contributed by atoms with Crippen LogP contribution >= 0.6 is 15.9 Å². The molecule has 1 atom stereocenters. The van der Waals surface area contributed by atoms with Gasteiger partial charge in [0.25, 0.3) is 0 Å². The number of furan rings is 1. The van der Waals surface area contributed by atoms with E-state index >= 15 is 0 Å². The maximum Gasteiger partial charge on any atom is 0.0953 e. The Morgan fingerprint density at radius 1 is 1.31 bits per heavy atom. The van der Waals surface area contributed by atoms with Gasteiger partial charge in [-0.05, 0) is 37.2 Å². The summed E-state index contributed by atoms with van der Waals surface area (Å²) >= 11 is 3.56. The Morgan fingerprint density at radius 3 is 2.75 bits per heavy atom. The van der Waals surface area contributed by atoms with Crippen LogP contribution in [0.5, 0.6) is 0 Å². The fraction of sp³-hybridized carbons (Fsp3) is 0.231. The topological polar surface area (TPSA) is 25.2 Å². The van der Waals surface area contributed by atoms with Crippen molar-refractivity contribution in [2.24, 2.45) is 0 Å². The minimum absolute atomic E-state index is 0.177. The van der Waals surface area contributed by atoms with E-state index in [1.807, 2.05) is 13.1 Å². The van der Waals surface area contributed by atoms with Gasteiger partial charge in [-0.15, -0.1) is 0 Å². The molecule has 2 aromatic rings. The third kappa shape index (κ3) is 2.06. The Balaban J connectivity index is 2.45. The molecule has 1 aromatic carbocycles. The third-order valence-corrected chi connectivity index (χ3v) is 3.64. The summed E-state index contributed by atoms with van der Waals surface area (Å²) in [4.78, 5) is 0. The van der Waals surface area contributed by atoms with Crippen LogP contribution in [0.3, 0.4) is 0 Å². The molecule has 0 aliphatic heterocycles. The van der Waals surface area contributed by atoms with Crippen molar-refractivity contribution >= 4 is 15.9 Å². The lowest BCUT2D eigenvalue weighted by atomic mass is 9.97. The van der Waals surface area contributed by atoms with E-state index in [1.165, 1.54) is 11.1 Å². The molecular weight excluding hydrogens is 266 g/mol. The first-order valence-corrected chi connectivity index (χ1v) is 5.97. The van der Waals surface area contributed by atoms with Gasteiger partial charge in [0.1, 0.15) is 0 Å². The van der Waals surface area contributed by atoms with Crippen molar-refractivity contribution in [3.8, 4) is 0 Å². The van der Waals surface area contributed by atoms with Crippen molar-refractivity contribution in [1.82, 2.24) is 5.32 Å². The third-order valence-electron chi connectivity index (χ3n) is 2.79. The van der Waals surface area contributed by atoms with Gasteiger partial charge in [0.2, 0.25) is 0 Å². The molecule has 1 N–H and O–H groups in total. The van der Waals surface area contributed by atoms with Gasteiger partial charge < -0.3 is 9.73 Å². The highest BCUT2D eigenvalue weighted by Gasteiger charge is 2.15. The van der Waals surface area contributed by atoms with Gasteiger partial charge in [-0.25, -0.2) is 0 Å². The average Bonchev–Trinajstić information content (AvgIpc) is 2.79. The SMILES string of the molecule is CNC(c1ccoc1)c1cccc(Br)c1C. The molecule has 2 rings (SSSR count). The standard InChI is InChI=1S/C13H14BrNO/c1-9-11(4-3-5-12(9)14)13(15-2)10-6-7-16-8-10/h3-8,13,15H,1-2H3. The minimum atomic E-state index is 0.177. The maximum absolute atomic E-state index is 5.14. The summed E-state index contributed by atoms with van der Waals surface area (Å²) in [5.74, 6) is 0. The summed E-state index contributed by atoms with van der Waals surface area (Å²) in [6.07, 6.45) is 3.48. The minimum Gasteiger partial charge on any atom is -0.472 e. The van der Waals surface area contributed by atoms with Crippen LogP contribution in [0.1, 0.15) is 22.7 Å². The molecule has 0 spiro atoms. The van der Waals surface area contributed by atoms with E-state index in [0.717, 1.165) is 10.0 Å². The van der Waals surface area contributed by atoms with E-state index in [-0.39, 0.29) is 6.04 Å². The van der Waals surface area contributed by atoms with Crippen LogP contribution < -0.4 is 5.32 Å². The first kappa shape index (κ1) is 11.4. The molecule has 1 unspecified atom stereocenters. The van der Waals surface area contributed by atoms with E-state index in [9.17, 15) is 0 Å². The molecule has 1 aromatic heterocycles. The van der Waals surface area contributed by atoms with Crippen LogP contribution in [0, 0.1) is 6.92 Å². The van der Waals surface area contributed by atoms with Crippen molar-refractivity contribution < 1.29 is 4.42 Å². The molecule has 84 valence electrons. The highest BCUT2D eigenvalue weighted by atomic mass is 79.9. The molecule has 0 saturated heterocycles.